The van der Waals surface area contributed by atoms with Crippen LogP contribution in [-0.2, 0) is 18.3 Å². The van der Waals surface area contributed by atoms with Crippen molar-refractivity contribution in [3.63, 3.8) is 0 Å². The number of nitro groups is 1. The number of carboxylic acids is 1. The van der Waals surface area contributed by atoms with Crippen LogP contribution in [0.3, 0.4) is 0 Å². The Morgan fingerprint density at radius 1 is 1.57 bits per heavy atom. The van der Waals surface area contributed by atoms with Crippen molar-refractivity contribution >= 4 is 38.5 Å². The molecule has 2 aromatic rings. The van der Waals surface area contributed by atoms with Crippen LogP contribution in [0.25, 0.3) is 10.9 Å². The molecule has 1 aromatic carbocycles. The number of nitrogens with two attached hydrogens (primary N) is 1. The summed E-state index contributed by atoms with van der Waals surface area (Å²) in [4.78, 5) is 21.8. The Morgan fingerprint density at radius 3 is 2.71 bits per heavy atom. The Morgan fingerprint density at radius 2 is 2.19 bits per heavy atom. The molecule has 7 nitrogen and oxygen atoms in total. The third-order valence-corrected chi connectivity index (χ3v) is 4.27. The molecule has 3 N–H and O–H groups in total. The first-order chi connectivity index (χ1) is 9.75. The minimum absolute atomic E-state index is 0.0375. The molecule has 0 saturated heterocycles. The van der Waals surface area contributed by atoms with E-state index >= 15 is 0 Å². The summed E-state index contributed by atoms with van der Waals surface area (Å²) < 4.78 is 2.16. The van der Waals surface area contributed by atoms with Gasteiger partial charge >= 0.3 is 5.97 Å². The van der Waals surface area contributed by atoms with E-state index in [0.29, 0.717) is 20.9 Å². The molecule has 112 valence electrons. The number of nitrogens with zero attached hydrogens (tertiary/aromatic N) is 2. The van der Waals surface area contributed by atoms with Gasteiger partial charge in [0, 0.05) is 19.2 Å². The largest absolute Gasteiger partial charge is 0.480 e. The van der Waals surface area contributed by atoms with Gasteiger partial charge in [-0.1, -0.05) is 0 Å². The second kappa shape index (κ2) is 5.45. The third kappa shape index (κ3) is 2.52. The number of nitro benzene ring substituents is 1. The summed E-state index contributed by atoms with van der Waals surface area (Å²) in [5, 5.41) is 20.8. The minimum atomic E-state index is -1.14. The first kappa shape index (κ1) is 15.5. The summed E-state index contributed by atoms with van der Waals surface area (Å²) in [6.45, 7) is 1.79. The molecule has 1 aromatic heterocycles. The molecule has 0 aliphatic carbocycles. The monoisotopic (exact) mass is 355 g/mol. The topological polar surface area (TPSA) is 111 Å². The highest BCUT2D eigenvalue weighted by Crippen LogP contribution is 2.38. The number of halogens is 1. The quantitative estimate of drug-likeness (QED) is 0.644. The van der Waals surface area contributed by atoms with Crippen molar-refractivity contribution < 1.29 is 14.8 Å². The molecule has 21 heavy (non-hydrogen) atoms. The molecule has 0 amide bonds. The Hall–Kier alpha value is -1.93. The lowest BCUT2D eigenvalue weighted by atomic mass is 10.0. The van der Waals surface area contributed by atoms with Crippen molar-refractivity contribution in [2.75, 3.05) is 0 Å². The smallest absolute Gasteiger partial charge is 0.320 e. The predicted octanol–water partition coefficient (Wildman–Crippen LogP) is 2.11. The Labute approximate surface area is 128 Å². The fourth-order valence-electron chi connectivity index (χ4n) is 2.43. The van der Waals surface area contributed by atoms with Gasteiger partial charge in [0.25, 0.3) is 5.69 Å². The van der Waals surface area contributed by atoms with Gasteiger partial charge in [0.2, 0.25) is 0 Å². The molecule has 0 saturated carbocycles. The van der Waals surface area contributed by atoms with Crippen LogP contribution in [0.15, 0.2) is 16.6 Å². The molecule has 1 unspecified atom stereocenters. The zero-order valence-electron chi connectivity index (χ0n) is 11.5. The van der Waals surface area contributed by atoms with Crippen LogP contribution >= 0.6 is 15.9 Å². The van der Waals surface area contributed by atoms with Crippen LogP contribution in [-0.4, -0.2) is 26.6 Å². The number of fused-ring (bicyclic) bond motifs is 1. The highest BCUT2D eigenvalue weighted by atomic mass is 79.9. The van der Waals surface area contributed by atoms with Crippen molar-refractivity contribution in [3.8, 4) is 0 Å². The van der Waals surface area contributed by atoms with Crippen LogP contribution in [0.1, 0.15) is 11.3 Å². The number of hydrogen-bond acceptors (Lipinski definition) is 4. The van der Waals surface area contributed by atoms with Crippen LogP contribution in [0, 0.1) is 17.0 Å². The maximum absolute atomic E-state index is 11.3. The summed E-state index contributed by atoms with van der Waals surface area (Å²) in [7, 11) is 1.78. The van der Waals surface area contributed by atoms with Gasteiger partial charge in [-0.05, 0) is 40.5 Å². The van der Waals surface area contributed by atoms with Gasteiger partial charge in [-0.15, -0.1) is 0 Å². The van der Waals surface area contributed by atoms with E-state index in [1.54, 1.807) is 30.7 Å². The van der Waals surface area contributed by atoms with Crippen molar-refractivity contribution in [3.05, 3.63) is 38.0 Å². The van der Waals surface area contributed by atoms with Crippen molar-refractivity contribution in [1.29, 1.82) is 0 Å². The molecule has 8 heteroatoms. The van der Waals surface area contributed by atoms with Gasteiger partial charge in [0.15, 0.2) is 0 Å². The van der Waals surface area contributed by atoms with Gasteiger partial charge in [0.05, 0.1) is 20.3 Å². The first-order valence-corrected chi connectivity index (χ1v) is 6.94. The lowest BCUT2D eigenvalue weighted by Crippen LogP contribution is -2.32. The normalized spacial score (nSPS) is 12.6. The van der Waals surface area contributed by atoms with Gasteiger partial charge in [-0.25, -0.2) is 0 Å². The number of hydrogen-bond donors (Lipinski definition) is 2. The van der Waals surface area contributed by atoms with E-state index in [0.717, 1.165) is 5.69 Å². The van der Waals surface area contributed by atoms with E-state index in [4.69, 9.17) is 10.8 Å². The van der Waals surface area contributed by atoms with Gasteiger partial charge in [-0.3, -0.25) is 14.9 Å². The zero-order chi connectivity index (χ0) is 15.9. The molecule has 0 bridgehead atoms. The van der Waals surface area contributed by atoms with E-state index < -0.39 is 16.9 Å². The Balaban J connectivity index is 2.80. The van der Waals surface area contributed by atoms with E-state index in [9.17, 15) is 14.9 Å². The molecule has 0 radical (unpaired) electrons. The zero-order valence-corrected chi connectivity index (χ0v) is 13.0. The molecular weight excluding hydrogens is 342 g/mol. The van der Waals surface area contributed by atoms with Crippen LogP contribution < -0.4 is 5.73 Å². The number of aliphatic carboxylic acids is 1. The summed E-state index contributed by atoms with van der Waals surface area (Å²) in [6, 6.07) is 2.27. The van der Waals surface area contributed by atoms with E-state index in [2.05, 4.69) is 15.9 Å². The third-order valence-electron chi connectivity index (χ3n) is 3.63. The fourth-order valence-corrected chi connectivity index (χ4v) is 2.91. The molecule has 0 spiro atoms. The summed E-state index contributed by atoms with van der Waals surface area (Å²) in [6.07, 6.45) is 0.0375. The Bertz CT molecular complexity index is 754. The van der Waals surface area contributed by atoms with E-state index in [1.807, 2.05) is 0 Å². The molecule has 0 aliphatic heterocycles. The second-order valence-electron chi connectivity index (χ2n) is 4.82. The van der Waals surface area contributed by atoms with Gasteiger partial charge < -0.3 is 15.4 Å². The second-order valence-corrected chi connectivity index (χ2v) is 5.67. The van der Waals surface area contributed by atoms with E-state index in [1.165, 1.54) is 0 Å². The number of carbonyl (C=O) groups is 1. The van der Waals surface area contributed by atoms with Crippen molar-refractivity contribution in [2.24, 2.45) is 12.8 Å². The van der Waals surface area contributed by atoms with Crippen molar-refractivity contribution in [1.82, 2.24) is 4.57 Å². The van der Waals surface area contributed by atoms with Gasteiger partial charge in [-0.2, -0.15) is 0 Å². The van der Waals surface area contributed by atoms with Crippen LogP contribution in [0.5, 0.6) is 0 Å². The highest BCUT2D eigenvalue weighted by molar-refractivity contribution is 9.10. The number of benzene rings is 1. The number of aromatic nitrogens is 1. The molecule has 0 aliphatic rings. The number of carboxylic acid groups (broad SMARTS) is 1. The summed E-state index contributed by atoms with van der Waals surface area (Å²) in [5.74, 6) is -1.14. The van der Waals surface area contributed by atoms with Crippen molar-refractivity contribution in [2.45, 2.75) is 19.4 Å². The molecule has 1 heterocycles. The maximum Gasteiger partial charge on any atom is 0.320 e. The average Bonchev–Trinajstić information content (AvgIpc) is 2.63. The van der Waals surface area contributed by atoms with Crippen LogP contribution in [0.2, 0.25) is 0 Å². The summed E-state index contributed by atoms with van der Waals surface area (Å²) >= 11 is 3.18. The first-order valence-electron chi connectivity index (χ1n) is 6.14. The number of rotatable bonds is 4. The molecule has 1 atom stereocenters. The number of aryl methyl sites for hydroxylation is 1. The molecular formula is C13H14BrN3O4. The lowest BCUT2D eigenvalue weighted by Gasteiger charge is -2.07. The minimum Gasteiger partial charge on any atom is -0.480 e. The molecule has 2 rings (SSSR count). The van der Waals surface area contributed by atoms with Crippen LogP contribution in [0.4, 0.5) is 5.69 Å². The Kier molecular flexibility index (Phi) is 4.02. The highest BCUT2D eigenvalue weighted by Gasteiger charge is 2.26. The summed E-state index contributed by atoms with van der Waals surface area (Å²) in [5.41, 5.74) is 7.56. The van der Waals surface area contributed by atoms with Gasteiger partial charge in [0.1, 0.15) is 6.04 Å². The average molecular weight is 356 g/mol. The predicted molar refractivity (Wildman–Crippen MR) is 81.3 cm³/mol. The standard InChI is InChI=1S/C13H14BrN3O4/c1-6-7(5-9(15)13(18)19)11-10(16(6)2)4-3-8(14)12(11)17(20)21/h3-4,9H,5,15H2,1-2H3,(H,18,19). The SMILES string of the molecule is Cc1c(CC(N)C(=O)O)c2c([N+](=O)[O-])c(Br)ccc2n1C. The molecule has 0 fully saturated rings. The fraction of sp³-hybridized carbons (Fsp3) is 0.308. The van der Waals surface area contributed by atoms with E-state index in [-0.39, 0.29) is 12.1 Å². The maximum atomic E-state index is 11.3. The lowest BCUT2D eigenvalue weighted by molar-refractivity contribution is -0.383.